The summed E-state index contributed by atoms with van der Waals surface area (Å²) in [6.07, 6.45) is 0.850. The van der Waals surface area contributed by atoms with E-state index in [1.165, 1.54) is 43.0 Å². The van der Waals surface area contributed by atoms with Gasteiger partial charge in [-0.05, 0) is 98.6 Å². The minimum atomic E-state index is -1.85. The first-order chi connectivity index (χ1) is 41.6. The van der Waals surface area contributed by atoms with Crippen molar-refractivity contribution in [3.05, 3.63) is 65.9 Å². The van der Waals surface area contributed by atoms with Gasteiger partial charge in [-0.3, -0.25) is 52.7 Å². The van der Waals surface area contributed by atoms with Crippen molar-refractivity contribution in [3.63, 3.8) is 0 Å². The number of amides is 10. The zero-order valence-corrected chi connectivity index (χ0v) is 51.4. The van der Waals surface area contributed by atoms with Crippen molar-refractivity contribution in [2.24, 2.45) is 17.6 Å². The highest BCUT2D eigenvalue weighted by atomic mass is 32.2. The average Bonchev–Trinajstić information content (AvgIpc) is 2.32. The molecule has 11 atom stereocenters. The molecule has 3 rings (SSSR count). The summed E-state index contributed by atoms with van der Waals surface area (Å²) in [4.78, 5) is 165. The Morgan fingerprint density at radius 1 is 0.636 bits per heavy atom. The number of carboxylic acid groups (broad SMARTS) is 2. The lowest BCUT2D eigenvalue weighted by atomic mass is 9.96. The van der Waals surface area contributed by atoms with Crippen LogP contribution in [0, 0.1) is 11.8 Å². The van der Waals surface area contributed by atoms with Gasteiger partial charge in [0.2, 0.25) is 53.2 Å². The van der Waals surface area contributed by atoms with Crippen molar-refractivity contribution in [2.75, 3.05) is 25.1 Å². The van der Waals surface area contributed by atoms with Gasteiger partial charge < -0.3 is 90.5 Å². The molecule has 22 N–H and O–H groups in total. The normalized spacial score (nSPS) is 15.0. The number of benzene rings is 2. The van der Waals surface area contributed by atoms with Crippen LogP contribution in [0.25, 0.3) is 10.9 Å². The number of rotatable bonds is 40. The van der Waals surface area contributed by atoms with Crippen LogP contribution >= 0.6 is 11.8 Å². The Kier molecular flexibility index (Phi) is 31.4. The number of fused-ring (bicyclic) bond motifs is 1. The maximum atomic E-state index is 14.4. The molecule has 1 aromatic heterocycles. The van der Waals surface area contributed by atoms with Gasteiger partial charge in [-0.2, -0.15) is 11.8 Å². The molecular formula is C58H89N13O16S+2. The largest absolute Gasteiger partial charge is 0.508 e. The number of aromatic amines is 1. The molecule has 0 saturated carbocycles. The predicted octanol–water partition coefficient (Wildman–Crippen LogP) is -3.27. The first kappa shape index (κ1) is 73.9. The van der Waals surface area contributed by atoms with E-state index < -0.39 is 163 Å². The number of thioether (sulfide) groups is 1. The maximum absolute atomic E-state index is 14.4. The van der Waals surface area contributed by atoms with Gasteiger partial charge in [0.25, 0.3) is 5.91 Å². The molecule has 0 radical (unpaired) electrons. The third-order valence-electron chi connectivity index (χ3n) is 14.4. The summed E-state index contributed by atoms with van der Waals surface area (Å²) in [6.45, 7) is 7.93. The summed E-state index contributed by atoms with van der Waals surface area (Å²) in [6, 6.07) is -0.147. The minimum Gasteiger partial charge on any atom is -0.508 e. The lowest BCUT2D eigenvalue weighted by molar-refractivity contribution is -0.419. The van der Waals surface area contributed by atoms with Crippen molar-refractivity contribution in [1.29, 1.82) is 0 Å². The molecule has 0 spiro atoms. The SMILES string of the molecule is CC[C@H](C)[C@H](NC(=O)[C@H](Cc1c[nH]c2ccccc12)NC(=O)[C@@H]([NH3+])[C@@H](C)O)C(=O)N[C@@H](CCC(=O)O)C(=O)N[C@@H](CC(N)=O)C(=O)N[C@@H](CCCC[NH3+])C(=O)N[C@@H](CC(C)C)C(=O)N[C@@H](Cc1ccc(O)cc1)C(=O)NCC(=O)N[C@@H](CCSC)C(=O)O. The molecule has 0 unspecified atom stereocenters. The highest BCUT2D eigenvalue weighted by Crippen LogP contribution is 2.21. The summed E-state index contributed by atoms with van der Waals surface area (Å²) in [5, 5.41) is 62.8. The summed E-state index contributed by atoms with van der Waals surface area (Å²) in [5.41, 5.74) is 14.9. The molecule has 0 aliphatic heterocycles. The fourth-order valence-corrected chi connectivity index (χ4v) is 9.56. The number of quaternary nitrogens is 2. The summed E-state index contributed by atoms with van der Waals surface area (Å²) < 4.78 is 0. The average molecular weight is 1260 g/mol. The smallest absolute Gasteiger partial charge is 0.326 e. The van der Waals surface area contributed by atoms with Crippen LogP contribution in [0.2, 0.25) is 0 Å². The second kappa shape index (κ2) is 37.4. The number of unbranched alkanes of at least 4 members (excludes halogenated alkanes) is 1. The van der Waals surface area contributed by atoms with Crippen LogP contribution in [0.4, 0.5) is 0 Å². The molecule has 0 aliphatic rings. The van der Waals surface area contributed by atoms with E-state index in [1.54, 1.807) is 58.3 Å². The quantitative estimate of drug-likeness (QED) is 0.0248. The lowest BCUT2D eigenvalue weighted by Gasteiger charge is -2.29. The van der Waals surface area contributed by atoms with E-state index in [2.05, 4.69) is 64.3 Å². The van der Waals surface area contributed by atoms with E-state index in [-0.39, 0.29) is 56.6 Å². The van der Waals surface area contributed by atoms with Gasteiger partial charge in [-0.15, -0.1) is 0 Å². The first-order valence-corrected chi connectivity index (χ1v) is 30.5. The Morgan fingerprint density at radius 3 is 1.78 bits per heavy atom. The molecule has 1 heterocycles. The van der Waals surface area contributed by atoms with Gasteiger partial charge >= 0.3 is 11.9 Å². The van der Waals surface area contributed by atoms with E-state index >= 15 is 0 Å². The second-order valence-electron chi connectivity index (χ2n) is 22.1. The first-order valence-electron chi connectivity index (χ1n) is 29.1. The molecule has 0 fully saturated rings. The lowest BCUT2D eigenvalue weighted by Crippen LogP contribution is -2.73. The highest BCUT2D eigenvalue weighted by Gasteiger charge is 2.37. The number of phenolic OH excluding ortho intramolecular Hbond substituents is 1. The Hall–Kier alpha value is -8.35. The number of carbonyl (C=O) groups excluding carboxylic acids is 10. The van der Waals surface area contributed by atoms with Crippen LogP contribution in [0.1, 0.15) is 104 Å². The van der Waals surface area contributed by atoms with Crippen LogP contribution in [0.3, 0.4) is 0 Å². The number of aliphatic carboxylic acids is 2. The number of H-pyrrole nitrogens is 1. The zero-order chi connectivity index (χ0) is 65.8. The number of aromatic hydroxyl groups is 1. The van der Waals surface area contributed by atoms with Gasteiger partial charge in [0.1, 0.15) is 60.2 Å². The molecule has 486 valence electrons. The number of para-hydroxylation sites is 1. The molecule has 88 heavy (non-hydrogen) atoms. The Balaban J connectivity index is 1.92. The highest BCUT2D eigenvalue weighted by molar-refractivity contribution is 7.98. The number of primary amides is 1. The molecular weight excluding hydrogens is 1170 g/mol. The molecule has 3 aromatic rings. The Morgan fingerprint density at radius 2 is 1.19 bits per heavy atom. The molecule has 30 heteroatoms. The summed E-state index contributed by atoms with van der Waals surface area (Å²) >= 11 is 1.37. The summed E-state index contributed by atoms with van der Waals surface area (Å²) in [5.74, 6) is -12.7. The number of aliphatic hydroxyl groups excluding tert-OH is 1. The predicted molar refractivity (Wildman–Crippen MR) is 322 cm³/mol. The van der Waals surface area contributed by atoms with Crippen molar-refractivity contribution in [1.82, 2.24) is 52.8 Å². The third kappa shape index (κ3) is 25.2. The van der Waals surface area contributed by atoms with Crippen LogP contribution in [0.15, 0.2) is 54.7 Å². The van der Waals surface area contributed by atoms with Crippen molar-refractivity contribution < 1.29 is 89.4 Å². The number of nitrogens with one attached hydrogen (secondary N) is 10. The van der Waals surface area contributed by atoms with Gasteiger partial charge in [0, 0.05) is 36.4 Å². The van der Waals surface area contributed by atoms with Crippen LogP contribution in [0.5, 0.6) is 5.75 Å². The van der Waals surface area contributed by atoms with Crippen molar-refractivity contribution in [2.45, 2.75) is 166 Å². The standard InChI is InChI=1S/C58H87N13O16S/c1-7-31(4)49(71-55(83)43(70-56(84)48(61)32(5)72)26-34-28-62-37-13-9-8-12-36(34)37)57(85)66-39(19-20-47(76)77)52(80)69-44(27-45(60)74)54(82)65-38(14-10-11-22-59)51(79)67-41(24-30(2)3)53(81)68-42(25-33-15-17-35(73)18-16-33)50(78)63-29-46(75)64-40(58(86)87)21-23-88-6/h8-9,12-13,15-18,28,30-32,38-44,48-49,62,72-73H,7,10-11,14,19-27,29,59,61H2,1-6H3,(H2,60,74)(H,63,78)(H,64,75)(H,65,82)(H,66,85)(H,67,79)(H,68,81)(H,69,80)(H,70,84)(H,71,83)(H,76,77)(H,86,87)/p+2/t31-,32+,38-,39-,40-,41-,42-,43-,44-,48-,49-/m0/s1. The van der Waals surface area contributed by atoms with Gasteiger partial charge in [0.15, 0.2) is 6.04 Å². The molecule has 0 saturated heterocycles. The van der Waals surface area contributed by atoms with Crippen LogP contribution in [-0.4, -0.2) is 182 Å². The number of hydrogen-bond acceptors (Lipinski definition) is 15. The number of carboxylic acids is 2. The van der Waals surface area contributed by atoms with Crippen molar-refractivity contribution >= 4 is 93.7 Å². The topological polar surface area (TPSA) is 491 Å². The maximum Gasteiger partial charge on any atom is 0.326 e. The molecule has 29 nitrogen and oxygen atoms in total. The number of aromatic nitrogens is 1. The van der Waals surface area contributed by atoms with E-state index in [9.17, 15) is 78.0 Å². The molecule has 10 amide bonds. The number of phenols is 1. The fourth-order valence-electron chi connectivity index (χ4n) is 9.08. The van der Waals surface area contributed by atoms with E-state index in [1.807, 2.05) is 6.07 Å². The Bertz CT molecular complexity index is 2870. The summed E-state index contributed by atoms with van der Waals surface area (Å²) in [7, 11) is 0. The molecule has 0 bridgehead atoms. The third-order valence-corrected chi connectivity index (χ3v) is 15.0. The number of nitrogens with two attached hydrogens (primary N) is 1. The van der Waals surface area contributed by atoms with Gasteiger partial charge in [-0.25, -0.2) is 4.79 Å². The van der Waals surface area contributed by atoms with Gasteiger partial charge in [0.05, 0.1) is 19.5 Å². The van der Waals surface area contributed by atoms with Crippen LogP contribution < -0.4 is 65.1 Å². The van der Waals surface area contributed by atoms with Crippen LogP contribution in [-0.2, 0) is 70.4 Å². The van der Waals surface area contributed by atoms with Gasteiger partial charge in [-0.1, -0.05) is 64.4 Å². The second-order valence-corrected chi connectivity index (χ2v) is 23.0. The van der Waals surface area contributed by atoms with E-state index in [4.69, 9.17) is 5.73 Å². The molecule has 2 aromatic carbocycles. The zero-order valence-electron chi connectivity index (χ0n) is 50.6. The number of carbonyl (C=O) groups is 12. The number of hydrogen-bond donors (Lipinski definition) is 17. The Labute approximate surface area is 514 Å². The fraction of sp³-hybridized carbons (Fsp3) is 0.552. The van der Waals surface area contributed by atoms with E-state index in [0.717, 1.165) is 10.9 Å². The number of aliphatic hydroxyl groups is 1. The molecule has 0 aliphatic carbocycles. The monoisotopic (exact) mass is 1260 g/mol. The minimum absolute atomic E-state index is 0.0197. The van der Waals surface area contributed by atoms with Crippen molar-refractivity contribution in [3.8, 4) is 5.75 Å². The van der Waals surface area contributed by atoms with E-state index in [0.29, 0.717) is 29.8 Å².